The minimum Gasteiger partial charge on any atom is -0.465 e. The number of rotatable bonds is 14. The number of aromatic amines is 2. The molecule has 0 aliphatic carbocycles. The Balaban J connectivity index is 0.924. The third-order valence-corrected chi connectivity index (χ3v) is 11.9. The van der Waals surface area contributed by atoms with E-state index in [0.717, 1.165) is 89.4 Å². The Morgan fingerprint density at radius 3 is 1.72 bits per heavy atom. The van der Waals surface area contributed by atoms with Gasteiger partial charge < -0.3 is 30.2 Å². The minimum atomic E-state index is -1.24. The zero-order chi connectivity index (χ0) is 41.6. The summed E-state index contributed by atoms with van der Waals surface area (Å²) in [5.41, 5.74) is 7.71. The summed E-state index contributed by atoms with van der Waals surface area (Å²) in [6.45, 7) is 7.02. The standard InChI is InChI=1S/C47H51N9O4/c1-3-54(4-2)42(36-10-6-5-7-11-36)46(58)56-27-9-13-41(56)44-50-30-39(52-44)35-20-16-33(17-21-35)32-14-18-34(19-15-32)38-29-49-43(51-38)40-12-8-26-55(40)45(57)37(53-47(59)60)28-31-22-24-48-25-23-31/h5-7,10-11,14-25,29-30,37,40-42,53H,3-4,8-9,12-13,26-28H2,1-2H3,(H,49,51)(H,50,52)(H,59,60)/t37-,40-,41-,42+/m0/s1. The van der Waals surface area contributed by atoms with Gasteiger partial charge >= 0.3 is 6.09 Å². The van der Waals surface area contributed by atoms with E-state index in [4.69, 9.17) is 4.98 Å². The predicted molar refractivity (Wildman–Crippen MR) is 229 cm³/mol. The number of imidazole rings is 2. The van der Waals surface area contributed by atoms with E-state index in [0.29, 0.717) is 18.9 Å². The Hall–Kier alpha value is -6.60. The quantitative estimate of drug-likeness (QED) is 0.0866. The van der Waals surface area contributed by atoms with Gasteiger partial charge in [0.1, 0.15) is 23.7 Å². The second kappa shape index (κ2) is 18.1. The Morgan fingerprint density at radius 1 is 0.717 bits per heavy atom. The monoisotopic (exact) mass is 805 g/mol. The molecular formula is C47H51N9O4. The van der Waals surface area contributed by atoms with Gasteiger partial charge in [0.25, 0.3) is 0 Å². The lowest BCUT2D eigenvalue weighted by Gasteiger charge is -2.34. The van der Waals surface area contributed by atoms with Gasteiger partial charge in [0.15, 0.2) is 0 Å². The van der Waals surface area contributed by atoms with Crippen LogP contribution in [0.5, 0.6) is 0 Å². The first-order valence-electron chi connectivity index (χ1n) is 20.9. The summed E-state index contributed by atoms with van der Waals surface area (Å²) < 4.78 is 0. The van der Waals surface area contributed by atoms with Crippen LogP contribution in [0.4, 0.5) is 4.79 Å². The molecule has 0 spiro atoms. The molecule has 2 aliphatic heterocycles. The Labute approximate surface area is 349 Å². The number of nitrogens with one attached hydrogen (secondary N) is 3. The van der Waals surface area contributed by atoms with Gasteiger partial charge in [0.2, 0.25) is 11.8 Å². The first-order valence-corrected chi connectivity index (χ1v) is 20.9. The van der Waals surface area contributed by atoms with Crippen LogP contribution in [-0.2, 0) is 16.0 Å². The molecule has 3 aromatic carbocycles. The van der Waals surface area contributed by atoms with Gasteiger partial charge in [0, 0.05) is 31.9 Å². The van der Waals surface area contributed by atoms with Crippen LogP contribution in [0, 0.1) is 0 Å². The summed E-state index contributed by atoms with van der Waals surface area (Å²) >= 11 is 0. The van der Waals surface area contributed by atoms with E-state index < -0.39 is 12.1 Å². The number of carbonyl (C=O) groups excluding carboxylic acids is 2. The molecule has 3 aromatic heterocycles. The third kappa shape index (κ3) is 8.57. The number of hydrogen-bond donors (Lipinski definition) is 4. The number of hydrogen-bond acceptors (Lipinski definition) is 7. The van der Waals surface area contributed by atoms with Crippen LogP contribution in [0.3, 0.4) is 0 Å². The van der Waals surface area contributed by atoms with Crippen molar-refractivity contribution in [1.82, 2.24) is 44.9 Å². The van der Waals surface area contributed by atoms with E-state index in [1.165, 1.54) is 0 Å². The normalized spacial score (nSPS) is 17.5. The van der Waals surface area contributed by atoms with Crippen molar-refractivity contribution in [2.45, 2.75) is 70.1 Å². The molecule has 2 aliphatic rings. The number of carboxylic acid groups (broad SMARTS) is 1. The fourth-order valence-corrected chi connectivity index (χ4v) is 8.81. The molecular weight excluding hydrogens is 755 g/mol. The van der Waals surface area contributed by atoms with Crippen molar-refractivity contribution in [3.8, 4) is 33.6 Å². The zero-order valence-electron chi connectivity index (χ0n) is 34.0. The molecule has 308 valence electrons. The second-order valence-corrected chi connectivity index (χ2v) is 15.5. The molecule has 0 bridgehead atoms. The fraction of sp³-hybridized carbons (Fsp3) is 0.319. The van der Waals surface area contributed by atoms with E-state index >= 15 is 0 Å². The highest BCUT2D eigenvalue weighted by atomic mass is 16.4. The minimum absolute atomic E-state index is 0.104. The number of carbonyl (C=O) groups is 3. The van der Waals surface area contributed by atoms with Gasteiger partial charge in [-0.05, 0) is 84.3 Å². The average molecular weight is 806 g/mol. The lowest BCUT2D eigenvalue weighted by molar-refractivity contribution is -0.138. The first kappa shape index (κ1) is 40.2. The van der Waals surface area contributed by atoms with Gasteiger partial charge in [-0.25, -0.2) is 14.8 Å². The molecule has 6 aromatic rings. The highest BCUT2D eigenvalue weighted by Crippen LogP contribution is 2.37. The number of nitrogens with zero attached hydrogens (tertiary/aromatic N) is 6. The molecule has 0 saturated carbocycles. The van der Waals surface area contributed by atoms with Crippen LogP contribution >= 0.6 is 0 Å². The number of aromatic nitrogens is 5. The number of H-pyrrole nitrogens is 2. The maximum absolute atomic E-state index is 14.2. The van der Waals surface area contributed by atoms with E-state index in [9.17, 15) is 19.5 Å². The molecule has 0 unspecified atom stereocenters. The molecule has 13 heteroatoms. The van der Waals surface area contributed by atoms with Crippen LogP contribution in [0.1, 0.15) is 80.4 Å². The molecule has 8 rings (SSSR count). The van der Waals surface area contributed by atoms with Gasteiger partial charge in [-0.1, -0.05) is 92.7 Å². The predicted octanol–water partition coefficient (Wildman–Crippen LogP) is 7.82. The SMILES string of the molecule is CCN(CC)[C@@H](C(=O)N1CCC[C@H]1c1ncc(-c2ccc(-c3ccc(-c4cnc([C@@H]5CCCN5C(=O)[C@H](Cc5ccncc5)NC(=O)O)[nH]4)cc3)cc2)[nH]1)c1ccccc1. The van der Waals surface area contributed by atoms with E-state index in [1.54, 1.807) is 35.6 Å². The van der Waals surface area contributed by atoms with Crippen LogP contribution < -0.4 is 5.32 Å². The number of likely N-dealkylation sites (N-methyl/N-ethyl adjacent to an activating group) is 1. The first-order chi connectivity index (χ1) is 29.3. The largest absolute Gasteiger partial charge is 0.465 e. The number of amides is 3. The van der Waals surface area contributed by atoms with E-state index in [2.05, 4.69) is 92.5 Å². The van der Waals surface area contributed by atoms with Gasteiger partial charge in [-0.15, -0.1) is 0 Å². The molecule has 0 radical (unpaired) electrons. The van der Waals surface area contributed by atoms with Crippen LogP contribution in [0.2, 0.25) is 0 Å². The molecule has 5 heterocycles. The Bertz CT molecular complexity index is 2380. The average Bonchev–Trinajstić information content (AvgIpc) is 4.13. The van der Waals surface area contributed by atoms with E-state index in [1.807, 2.05) is 41.4 Å². The zero-order valence-corrected chi connectivity index (χ0v) is 34.0. The lowest BCUT2D eigenvalue weighted by atomic mass is 10.0. The van der Waals surface area contributed by atoms with Crippen LogP contribution in [0.25, 0.3) is 33.6 Å². The third-order valence-electron chi connectivity index (χ3n) is 11.9. The molecule has 2 fully saturated rings. The second-order valence-electron chi connectivity index (χ2n) is 15.5. The van der Waals surface area contributed by atoms with Crippen molar-refractivity contribution in [3.63, 3.8) is 0 Å². The van der Waals surface area contributed by atoms with Crippen LogP contribution in [-0.4, -0.2) is 94.9 Å². The number of benzene rings is 3. The van der Waals surface area contributed by atoms with E-state index in [-0.39, 0.29) is 36.4 Å². The van der Waals surface area contributed by atoms with Crippen molar-refractivity contribution in [2.24, 2.45) is 0 Å². The van der Waals surface area contributed by atoms with Crippen molar-refractivity contribution < 1.29 is 19.5 Å². The summed E-state index contributed by atoms with van der Waals surface area (Å²) in [7, 11) is 0. The Kier molecular flexibility index (Phi) is 12.1. The molecule has 60 heavy (non-hydrogen) atoms. The van der Waals surface area contributed by atoms with Crippen molar-refractivity contribution >= 4 is 17.9 Å². The highest BCUT2D eigenvalue weighted by Gasteiger charge is 2.39. The molecule has 4 atom stereocenters. The smallest absolute Gasteiger partial charge is 0.405 e. The topological polar surface area (TPSA) is 163 Å². The summed E-state index contributed by atoms with van der Waals surface area (Å²) in [6.07, 6.45) is 9.23. The summed E-state index contributed by atoms with van der Waals surface area (Å²) in [5, 5.41) is 11.9. The summed E-state index contributed by atoms with van der Waals surface area (Å²) in [4.78, 5) is 66.1. The number of pyridine rings is 1. The Morgan fingerprint density at radius 2 is 1.22 bits per heavy atom. The van der Waals surface area contributed by atoms with Crippen molar-refractivity contribution in [3.05, 3.63) is 139 Å². The maximum Gasteiger partial charge on any atom is 0.405 e. The maximum atomic E-state index is 14.2. The van der Waals surface area contributed by atoms with Gasteiger partial charge in [0.05, 0.1) is 35.9 Å². The van der Waals surface area contributed by atoms with Crippen LogP contribution in [0.15, 0.2) is 116 Å². The highest BCUT2D eigenvalue weighted by molar-refractivity contribution is 5.86. The molecule has 3 amide bonds. The molecule has 4 N–H and O–H groups in total. The number of likely N-dealkylation sites (tertiary alicyclic amines) is 2. The fourth-order valence-electron chi connectivity index (χ4n) is 8.81. The lowest BCUT2D eigenvalue weighted by Crippen LogP contribution is -2.49. The molecule has 2 saturated heterocycles. The molecule has 13 nitrogen and oxygen atoms in total. The van der Waals surface area contributed by atoms with Crippen molar-refractivity contribution in [2.75, 3.05) is 26.2 Å². The van der Waals surface area contributed by atoms with Gasteiger partial charge in [-0.2, -0.15) is 0 Å². The van der Waals surface area contributed by atoms with Crippen molar-refractivity contribution in [1.29, 1.82) is 0 Å². The summed E-state index contributed by atoms with van der Waals surface area (Å²) in [6, 6.07) is 28.7. The van der Waals surface area contributed by atoms with Gasteiger partial charge in [-0.3, -0.25) is 19.5 Å². The summed E-state index contributed by atoms with van der Waals surface area (Å²) in [5.74, 6) is 1.35.